The third-order valence-electron chi connectivity index (χ3n) is 3.86. The van der Waals surface area contributed by atoms with E-state index >= 15 is 0 Å². The summed E-state index contributed by atoms with van der Waals surface area (Å²) in [6.45, 7) is 2.45. The molecule has 3 aromatic rings. The zero-order valence-electron chi connectivity index (χ0n) is 14.9. The Bertz CT molecular complexity index is 886. The van der Waals surface area contributed by atoms with Gasteiger partial charge in [-0.15, -0.1) is 11.3 Å². The van der Waals surface area contributed by atoms with Gasteiger partial charge in [-0.25, -0.2) is 4.98 Å². The van der Waals surface area contributed by atoms with Gasteiger partial charge in [0.15, 0.2) is 0 Å². The van der Waals surface area contributed by atoms with Crippen molar-refractivity contribution in [2.45, 2.75) is 25.8 Å². The van der Waals surface area contributed by atoms with Crippen LogP contribution in [0, 0.1) is 0 Å². The molecule has 1 atom stereocenters. The topological polar surface area (TPSA) is 64.1 Å². The molecule has 0 spiro atoms. The summed E-state index contributed by atoms with van der Waals surface area (Å²) in [5.41, 5.74) is 1.93. The number of hydrogen-bond donors (Lipinski definition) is 1. The molecule has 0 fully saturated rings. The molecular formula is C20H20BrN3O2S. The van der Waals surface area contributed by atoms with E-state index in [2.05, 4.69) is 31.2 Å². The number of thiazole rings is 1. The number of hydrogen-bond acceptors (Lipinski definition) is 5. The summed E-state index contributed by atoms with van der Waals surface area (Å²) in [6.07, 6.45) is 4.57. The van der Waals surface area contributed by atoms with Crippen LogP contribution in [0.3, 0.4) is 0 Å². The van der Waals surface area contributed by atoms with Gasteiger partial charge in [-0.05, 0) is 43.7 Å². The van der Waals surface area contributed by atoms with Gasteiger partial charge >= 0.3 is 0 Å². The molecule has 0 aliphatic heterocycles. The van der Waals surface area contributed by atoms with Crippen LogP contribution in [0.15, 0.2) is 58.6 Å². The van der Waals surface area contributed by atoms with Gasteiger partial charge in [0.1, 0.15) is 10.8 Å². The van der Waals surface area contributed by atoms with E-state index in [0.717, 1.165) is 26.5 Å². The summed E-state index contributed by atoms with van der Waals surface area (Å²) in [5, 5.41) is 5.89. The number of aromatic nitrogens is 2. The molecule has 0 saturated carbocycles. The van der Waals surface area contributed by atoms with Gasteiger partial charge in [0.25, 0.3) is 0 Å². The third-order valence-corrected chi connectivity index (χ3v) is 5.38. The number of pyridine rings is 1. The average molecular weight is 446 g/mol. The summed E-state index contributed by atoms with van der Waals surface area (Å²) in [4.78, 5) is 20.8. The van der Waals surface area contributed by atoms with Crippen LogP contribution >= 0.6 is 27.3 Å². The highest BCUT2D eigenvalue weighted by atomic mass is 79.9. The Balaban J connectivity index is 1.43. The Morgan fingerprint density at radius 1 is 1.30 bits per heavy atom. The maximum atomic E-state index is 12.2. The van der Waals surface area contributed by atoms with Crippen molar-refractivity contribution in [1.82, 2.24) is 15.3 Å². The van der Waals surface area contributed by atoms with Gasteiger partial charge in [-0.1, -0.05) is 22.0 Å². The molecule has 7 heteroatoms. The highest BCUT2D eigenvalue weighted by molar-refractivity contribution is 9.10. The monoisotopic (exact) mass is 445 g/mol. The summed E-state index contributed by atoms with van der Waals surface area (Å²) in [6, 6.07) is 11.4. The predicted molar refractivity (Wildman–Crippen MR) is 111 cm³/mol. The Morgan fingerprint density at radius 2 is 2.11 bits per heavy atom. The molecule has 1 aromatic carbocycles. The zero-order valence-corrected chi connectivity index (χ0v) is 17.3. The summed E-state index contributed by atoms with van der Waals surface area (Å²) in [5.74, 6) is 0.797. The van der Waals surface area contributed by atoms with Crippen molar-refractivity contribution < 1.29 is 9.53 Å². The van der Waals surface area contributed by atoms with Crippen molar-refractivity contribution in [3.05, 3.63) is 63.7 Å². The summed E-state index contributed by atoms with van der Waals surface area (Å²) < 4.78 is 6.63. The largest absolute Gasteiger partial charge is 0.494 e. The van der Waals surface area contributed by atoms with Gasteiger partial charge in [-0.2, -0.15) is 0 Å². The van der Waals surface area contributed by atoms with E-state index < -0.39 is 0 Å². The lowest BCUT2D eigenvalue weighted by Gasteiger charge is -2.11. The number of benzene rings is 1. The Labute approximate surface area is 171 Å². The number of rotatable bonds is 8. The molecule has 0 bridgehead atoms. The van der Waals surface area contributed by atoms with E-state index in [0.29, 0.717) is 19.4 Å². The van der Waals surface area contributed by atoms with Crippen LogP contribution in [-0.2, 0) is 4.79 Å². The lowest BCUT2D eigenvalue weighted by Crippen LogP contribution is -2.26. The number of carbonyl (C=O) groups excluding carboxylic acids is 1. The predicted octanol–water partition coefficient (Wildman–Crippen LogP) is 5.00. The number of nitrogens with zero attached hydrogens (tertiary/aromatic N) is 2. The van der Waals surface area contributed by atoms with Crippen molar-refractivity contribution in [3.63, 3.8) is 0 Å². The molecule has 3 rings (SSSR count). The van der Waals surface area contributed by atoms with Gasteiger partial charge in [-0.3, -0.25) is 9.78 Å². The SMILES string of the molecule is CC(NC(=O)CCCOc1cccc(Br)c1)c1nc(-c2ccncc2)cs1. The first-order valence-corrected chi connectivity index (χ1v) is 10.3. The fraction of sp³-hybridized carbons (Fsp3) is 0.250. The molecule has 27 heavy (non-hydrogen) atoms. The molecular weight excluding hydrogens is 426 g/mol. The normalized spacial score (nSPS) is 11.8. The number of halogens is 1. The minimum Gasteiger partial charge on any atom is -0.494 e. The first-order valence-electron chi connectivity index (χ1n) is 8.65. The molecule has 0 saturated heterocycles. The zero-order chi connectivity index (χ0) is 19.1. The second-order valence-electron chi connectivity index (χ2n) is 6.01. The highest BCUT2D eigenvalue weighted by Gasteiger charge is 2.14. The highest BCUT2D eigenvalue weighted by Crippen LogP contribution is 2.25. The Hall–Kier alpha value is -2.25. The first-order chi connectivity index (χ1) is 13.1. The maximum Gasteiger partial charge on any atom is 0.220 e. The van der Waals surface area contributed by atoms with Crippen LogP contribution in [0.25, 0.3) is 11.3 Å². The average Bonchev–Trinajstić information content (AvgIpc) is 3.16. The Kier molecular flexibility index (Phi) is 6.95. The van der Waals surface area contributed by atoms with E-state index in [1.165, 1.54) is 0 Å². The number of nitrogens with one attached hydrogen (secondary N) is 1. The van der Waals surface area contributed by atoms with Crippen LogP contribution < -0.4 is 10.1 Å². The van der Waals surface area contributed by atoms with Crippen LogP contribution in [0.5, 0.6) is 5.75 Å². The standard InChI is InChI=1S/C20H20BrN3O2S/c1-14(20-24-18(13-27-20)15-7-9-22-10-8-15)23-19(25)6-3-11-26-17-5-2-4-16(21)12-17/h2,4-5,7-10,12-14H,3,6,11H2,1H3,(H,23,25). The third kappa shape index (κ3) is 5.87. The molecule has 1 N–H and O–H groups in total. The summed E-state index contributed by atoms with van der Waals surface area (Å²) >= 11 is 4.95. The fourth-order valence-electron chi connectivity index (χ4n) is 2.50. The molecule has 1 unspecified atom stereocenters. The van der Waals surface area contributed by atoms with Crippen molar-refractivity contribution in [2.75, 3.05) is 6.61 Å². The molecule has 5 nitrogen and oxygen atoms in total. The van der Waals surface area contributed by atoms with Gasteiger partial charge < -0.3 is 10.1 Å². The fourth-order valence-corrected chi connectivity index (χ4v) is 3.71. The van der Waals surface area contributed by atoms with Crippen LogP contribution in [0.1, 0.15) is 30.8 Å². The van der Waals surface area contributed by atoms with Crippen molar-refractivity contribution >= 4 is 33.2 Å². The van der Waals surface area contributed by atoms with E-state index in [1.807, 2.05) is 48.7 Å². The maximum absolute atomic E-state index is 12.2. The minimum absolute atomic E-state index is 0.000929. The molecule has 2 heterocycles. The smallest absolute Gasteiger partial charge is 0.220 e. The minimum atomic E-state index is -0.121. The Morgan fingerprint density at radius 3 is 2.89 bits per heavy atom. The molecule has 0 aliphatic rings. The molecule has 2 aromatic heterocycles. The molecule has 0 aliphatic carbocycles. The van der Waals surface area contributed by atoms with E-state index in [1.54, 1.807) is 23.7 Å². The lowest BCUT2D eigenvalue weighted by molar-refractivity contribution is -0.121. The molecule has 0 radical (unpaired) electrons. The van der Waals surface area contributed by atoms with Gasteiger partial charge in [0.2, 0.25) is 5.91 Å². The number of carbonyl (C=O) groups is 1. The lowest BCUT2D eigenvalue weighted by atomic mass is 10.2. The van der Waals surface area contributed by atoms with Crippen molar-refractivity contribution in [1.29, 1.82) is 0 Å². The summed E-state index contributed by atoms with van der Waals surface area (Å²) in [7, 11) is 0. The van der Waals surface area contributed by atoms with Crippen LogP contribution in [-0.4, -0.2) is 22.5 Å². The van der Waals surface area contributed by atoms with Crippen molar-refractivity contribution in [3.8, 4) is 17.0 Å². The molecule has 1 amide bonds. The van der Waals surface area contributed by atoms with Crippen molar-refractivity contribution in [2.24, 2.45) is 0 Å². The second kappa shape index (κ2) is 9.62. The van der Waals surface area contributed by atoms with Gasteiger partial charge in [0, 0.05) is 34.2 Å². The first kappa shape index (κ1) is 19.5. The quantitative estimate of drug-likeness (QED) is 0.495. The number of amides is 1. The van der Waals surface area contributed by atoms with E-state index in [-0.39, 0.29) is 11.9 Å². The van der Waals surface area contributed by atoms with E-state index in [4.69, 9.17) is 4.74 Å². The molecule has 140 valence electrons. The van der Waals surface area contributed by atoms with E-state index in [9.17, 15) is 4.79 Å². The van der Waals surface area contributed by atoms with Gasteiger partial charge in [0.05, 0.1) is 18.3 Å². The second-order valence-corrected chi connectivity index (χ2v) is 7.81. The van der Waals surface area contributed by atoms with Crippen LogP contribution in [0.4, 0.5) is 0 Å². The number of ether oxygens (including phenoxy) is 1. The van der Waals surface area contributed by atoms with Crippen LogP contribution in [0.2, 0.25) is 0 Å².